The summed E-state index contributed by atoms with van der Waals surface area (Å²) >= 11 is 0. The van der Waals surface area contributed by atoms with Gasteiger partial charge in [-0.15, -0.1) is 0 Å². The lowest BCUT2D eigenvalue weighted by atomic mass is 9.82. The maximum absolute atomic E-state index is 14.0. The predicted molar refractivity (Wildman–Crippen MR) is 150 cm³/mol. The molecule has 2 saturated heterocycles. The Morgan fingerprint density at radius 2 is 1.59 bits per heavy atom. The van der Waals surface area contributed by atoms with Gasteiger partial charge in [0, 0.05) is 55.4 Å². The van der Waals surface area contributed by atoms with Crippen LogP contribution in [0.2, 0.25) is 0 Å². The van der Waals surface area contributed by atoms with Crippen LogP contribution in [0.5, 0.6) is 0 Å². The molecule has 0 spiro atoms. The highest BCUT2D eigenvalue weighted by Gasteiger charge is 2.52. The average Bonchev–Trinajstić information content (AvgIpc) is 3.16. The highest BCUT2D eigenvalue weighted by Crippen LogP contribution is 2.47. The Balaban J connectivity index is 1.51. The summed E-state index contributed by atoms with van der Waals surface area (Å²) in [7, 11) is 0. The summed E-state index contributed by atoms with van der Waals surface area (Å²) in [5, 5.41) is 21.3. The Labute approximate surface area is 229 Å². The molecular weight excluding hydrogens is 494 g/mol. The molecule has 2 atom stereocenters. The Morgan fingerprint density at radius 3 is 2.23 bits per heavy atom. The van der Waals surface area contributed by atoms with Gasteiger partial charge in [0.2, 0.25) is 11.8 Å². The predicted octanol–water partition coefficient (Wildman–Crippen LogP) is 4.03. The maximum atomic E-state index is 14.0. The molecule has 2 aromatic rings. The van der Waals surface area contributed by atoms with E-state index in [1.54, 1.807) is 39.8 Å². The summed E-state index contributed by atoms with van der Waals surface area (Å²) in [6.07, 6.45) is 8.64. The van der Waals surface area contributed by atoms with Crippen LogP contribution in [0, 0.1) is 5.92 Å². The number of hydrogen-bond donors (Lipinski definition) is 2. The molecule has 0 radical (unpaired) electrons. The van der Waals surface area contributed by atoms with Gasteiger partial charge in [0.15, 0.2) is 5.60 Å². The van der Waals surface area contributed by atoms with Crippen molar-refractivity contribution in [2.45, 2.75) is 64.0 Å². The van der Waals surface area contributed by atoms with Crippen molar-refractivity contribution in [2.75, 3.05) is 34.4 Å². The molecule has 8 heteroatoms. The number of anilines is 3. The van der Waals surface area contributed by atoms with E-state index in [1.807, 2.05) is 36.4 Å². The molecule has 39 heavy (non-hydrogen) atoms. The first kappa shape index (κ1) is 27.1. The molecule has 2 N–H and O–H groups in total. The van der Waals surface area contributed by atoms with Gasteiger partial charge in [0.1, 0.15) is 0 Å². The fourth-order valence-electron chi connectivity index (χ4n) is 5.94. The van der Waals surface area contributed by atoms with Crippen LogP contribution in [0.1, 0.15) is 63.0 Å². The SMILES string of the molecule is C[C@H](/C=C/CCO)[C@@]1(O)C(=O)N(Cc2cccc(N3CCCCC3=O)c2)c2ccc(N3CCCCC3=O)cc21. The molecular formula is C31H37N3O5. The van der Waals surface area contributed by atoms with Gasteiger partial charge in [-0.1, -0.05) is 31.2 Å². The number of hydrogen-bond acceptors (Lipinski definition) is 5. The number of aliphatic hydroxyl groups is 2. The summed E-state index contributed by atoms with van der Waals surface area (Å²) in [4.78, 5) is 44.3. The van der Waals surface area contributed by atoms with Crippen LogP contribution in [0.15, 0.2) is 54.6 Å². The van der Waals surface area contributed by atoms with Gasteiger partial charge in [-0.05, 0) is 68.0 Å². The Bertz CT molecular complexity index is 1290. The first-order chi connectivity index (χ1) is 18.8. The van der Waals surface area contributed by atoms with Crippen molar-refractivity contribution in [3.05, 3.63) is 65.7 Å². The lowest BCUT2D eigenvalue weighted by Crippen LogP contribution is -2.44. The number of carbonyl (C=O) groups is 3. The second-order valence-electron chi connectivity index (χ2n) is 10.8. The number of fused-ring (bicyclic) bond motifs is 1. The van der Waals surface area contributed by atoms with Gasteiger partial charge >= 0.3 is 0 Å². The van der Waals surface area contributed by atoms with E-state index in [-0.39, 0.29) is 25.0 Å². The number of carbonyl (C=O) groups excluding carboxylic acids is 3. The van der Waals surface area contributed by atoms with E-state index in [0.717, 1.165) is 36.9 Å². The van der Waals surface area contributed by atoms with Gasteiger partial charge in [0.25, 0.3) is 5.91 Å². The molecule has 3 aliphatic rings. The van der Waals surface area contributed by atoms with Crippen LogP contribution in [-0.4, -0.2) is 47.6 Å². The molecule has 2 aromatic carbocycles. The molecule has 8 nitrogen and oxygen atoms in total. The van der Waals surface area contributed by atoms with Crippen molar-refractivity contribution in [2.24, 2.45) is 5.92 Å². The average molecular weight is 532 g/mol. The molecule has 3 aliphatic heterocycles. The molecule has 0 aliphatic carbocycles. The Kier molecular flexibility index (Phi) is 7.86. The van der Waals surface area contributed by atoms with Gasteiger partial charge in [-0.2, -0.15) is 0 Å². The minimum Gasteiger partial charge on any atom is -0.396 e. The van der Waals surface area contributed by atoms with Crippen LogP contribution < -0.4 is 14.7 Å². The fourth-order valence-corrected chi connectivity index (χ4v) is 5.94. The fraction of sp³-hybridized carbons (Fsp3) is 0.452. The molecule has 0 bridgehead atoms. The lowest BCUT2D eigenvalue weighted by molar-refractivity contribution is -0.139. The van der Waals surface area contributed by atoms with Crippen molar-refractivity contribution in [1.82, 2.24) is 0 Å². The van der Waals surface area contributed by atoms with Crippen molar-refractivity contribution < 1.29 is 24.6 Å². The second kappa shape index (κ2) is 11.3. The van der Waals surface area contributed by atoms with Crippen LogP contribution >= 0.6 is 0 Å². The van der Waals surface area contributed by atoms with Crippen molar-refractivity contribution in [1.29, 1.82) is 0 Å². The second-order valence-corrected chi connectivity index (χ2v) is 10.8. The van der Waals surface area contributed by atoms with Gasteiger partial charge < -0.3 is 24.9 Å². The standard InChI is InChI=1S/C31H37N3O5/c1-22(9-4-7-18-35)31(39)26-20-25(33-17-6-3-13-29(33)37)14-15-27(26)34(30(31)38)21-23-10-8-11-24(19-23)32-16-5-2-12-28(32)36/h4,8-11,14-15,19-20,22,35,39H,2-3,5-7,12-13,16-18,21H2,1H3/b9-4+/t22-,31+/m1/s1. The molecule has 3 amide bonds. The highest BCUT2D eigenvalue weighted by molar-refractivity contribution is 6.08. The number of amides is 3. The van der Waals surface area contributed by atoms with E-state index >= 15 is 0 Å². The Morgan fingerprint density at radius 1 is 0.923 bits per heavy atom. The highest BCUT2D eigenvalue weighted by atomic mass is 16.3. The molecule has 206 valence electrons. The quantitative estimate of drug-likeness (QED) is 0.501. The van der Waals surface area contributed by atoms with Gasteiger partial charge in [-0.3, -0.25) is 14.4 Å². The number of piperidine rings is 2. The van der Waals surface area contributed by atoms with E-state index in [4.69, 9.17) is 0 Å². The number of aliphatic hydroxyl groups excluding tert-OH is 1. The minimum absolute atomic E-state index is 0.0185. The number of benzene rings is 2. The van der Waals surface area contributed by atoms with Crippen molar-refractivity contribution in [3.63, 3.8) is 0 Å². The zero-order valence-electron chi connectivity index (χ0n) is 22.5. The minimum atomic E-state index is -1.82. The van der Waals surface area contributed by atoms with Crippen LogP contribution in [0.4, 0.5) is 17.1 Å². The van der Waals surface area contributed by atoms with Crippen LogP contribution in [0.25, 0.3) is 0 Å². The summed E-state index contributed by atoms with van der Waals surface area (Å²) in [5.41, 5.74) is 1.62. The first-order valence-electron chi connectivity index (χ1n) is 14.0. The lowest BCUT2D eigenvalue weighted by Gasteiger charge is -2.30. The third kappa shape index (κ3) is 5.11. The molecule has 0 aromatic heterocycles. The summed E-state index contributed by atoms with van der Waals surface area (Å²) in [5.74, 6) is -0.838. The summed E-state index contributed by atoms with van der Waals surface area (Å²) in [6, 6.07) is 13.1. The molecule has 0 unspecified atom stereocenters. The maximum Gasteiger partial charge on any atom is 0.264 e. The van der Waals surface area contributed by atoms with E-state index < -0.39 is 17.4 Å². The smallest absolute Gasteiger partial charge is 0.264 e. The monoisotopic (exact) mass is 531 g/mol. The topological polar surface area (TPSA) is 101 Å². The van der Waals surface area contributed by atoms with E-state index in [2.05, 4.69) is 0 Å². The number of nitrogens with zero attached hydrogens (tertiary/aromatic N) is 3. The van der Waals surface area contributed by atoms with Crippen molar-refractivity contribution >= 4 is 34.8 Å². The van der Waals surface area contributed by atoms with E-state index in [0.29, 0.717) is 49.3 Å². The molecule has 5 rings (SSSR count). The Hall–Kier alpha value is -3.49. The van der Waals surface area contributed by atoms with Crippen LogP contribution in [0.3, 0.4) is 0 Å². The largest absolute Gasteiger partial charge is 0.396 e. The summed E-state index contributed by atoms with van der Waals surface area (Å²) < 4.78 is 0. The first-order valence-corrected chi connectivity index (χ1v) is 14.0. The van der Waals surface area contributed by atoms with Gasteiger partial charge in [-0.25, -0.2) is 0 Å². The molecule has 2 fully saturated rings. The normalized spacial score (nSPS) is 22.6. The zero-order chi connectivity index (χ0) is 27.6. The van der Waals surface area contributed by atoms with Crippen LogP contribution in [-0.2, 0) is 26.5 Å². The zero-order valence-corrected chi connectivity index (χ0v) is 22.5. The van der Waals surface area contributed by atoms with E-state index in [1.165, 1.54) is 0 Å². The third-order valence-corrected chi connectivity index (χ3v) is 8.15. The van der Waals surface area contributed by atoms with Crippen molar-refractivity contribution in [3.8, 4) is 0 Å². The van der Waals surface area contributed by atoms with E-state index in [9.17, 15) is 24.6 Å². The number of rotatable bonds is 8. The summed E-state index contributed by atoms with van der Waals surface area (Å²) in [6.45, 7) is 3.31. The molecule has 0 saturated carbocycles. The third-order valence-electron chi connectivity index (χ3n) is 8.15. The van der Waals surface area contributed by atoms with Gasteiger partial charge in [0.05, 0.1) is 12.2 Å². The molecule has 3 heterocycles.